The highest BCUT2D eigenvalue weighted by Gasteiger charge is 2.15. The largest absolute Gasteiger partial charge is 0.466 e. The highest BCUT2D eigenvalue weighted by atomic mass is 16.5. The van der Waals surface area contributed by atoms with Crippen LogP contribution >= 0.6 is 0 Å². The predicted molar refractivity (Wildman–Crippen MR) is 135 cm³/mol. The van der Waals surface area contributed by atoms with Crippen molar-refractivity contribution in [3.05, 3.63) is 0 Å². The van der Waals surface area contributed by atoms with Crippen LogP contribution in [0, 0.1) is 11.8 Å². The monoisotopic (exact) mass is 454 g/mol. The molecule has 1 atom stereocenters. The number of unbranched alkanes of at least 4 members (excludes halogenated alkanes) is 11. The summed E-state index contributed by atoms with van der Waals surface area (Å²) >= 11 is 0. The lowest BCUT2D eigenvalue weighted by Crippen LogP contribution is -2.13. The van der Waals surface area contributed by atoms with Gasteiger partial charge in [-0.1, -0.05) is 105 Å². The van der Waals surface area contributed by atoms with Gasteiger partial charge in [0.2, 0.25) is 0 Å². The minimum Gasteiger partial charge on any atom is -0.466 e. The maximum atomic E-state index is 11.7. The molecule has 0 bridgehead atoms. The van der Waals surface area contributed by atoms with Crippen molar-refractivity contribution >= 4 is 11.9 Å². The fraction of sp³-hybridized carbons (Fsp3) is 0.929. The van der Waals surface area contributed by atoms with E-state index in [0.29, 0.717) is 37.9 Å². The summed E-state index contributed by atoms with van der Waals surface area (Å²) in [6.45, 7) is 9.74. The van der Waals surface area contributed by atoms with Gasteiger partial charge < -0.3 is 9.47 Å². The zero-order valence-corrected chi connectivity index (χ0v) is 21.9. The second kappa shape index (κ2) is 23.1. The Morgan fingerprint density at radius 2 is 0.969 bits per heavy atom. The number of rotatable bonds is 23. The number of carbonyl (C=O) groups is 2. The molecular formula is C28H54O4. The van der Waals surface area contributed by atoms with E-state index in [-0.39, 0.29) is 11.9 Å². The van der Waals surface area contributed by atoms with Crippen molar-refractivity contribution in [1.29, 1.82) is 0 Å². The van der Waals surface area contributed by atoms with Crippen LogP contribution in [-0.4, -0.2) is 25.2 Å². The molecule has 0 aromatic heterocycles. The lowest BCUT2D eigenvalue weighted by atomic mass is 9.86. The Morgan fingerprint density at radius 3 is 1.41 bits per heavy atom. The molecule has 0 aromatic carbocycles. The second-order valence-electron chi connectivity index (χ2n) is 9.77. The Kier molecular flexibility index (Phi) is 22.3. The lowest BCUT2D eigenvalue weighted by molar-refractivity contribution is -0.144. The van der Waals surface area contributed by atoms with Crippen LogP contribution in [0.15, 0.2) is 0 Å². The molecule has 0 aliphatic heterocycles. The molecule has 4 heteroatoms. The summed E-state index contributed by atoms with van der Waals surface area (Å²) in [6, 6.07) is 0. The van der Waals surface area contributed by atoms with E-state index in [9.17, 15) is 9.59 Å². The van der Waals surface area contributed by atoms with Crippen LogP contribution in [0.5, 0.6) is 0 Å². The third-order valence-electron chi connectivity index (χ3n) is 6.30. The van der Waals surface area contributed by atoms with Gasteiger partial charge in [-0.05, 0) is 37.5 Å². The summed E-state index contributed by atoms with van der Waals surface area (Å²) in [5.41, 5.74) is 0. The Balaban J connectivity index is 3.46. The van der Waals surface area contributed by atoms with Crippen molar-refractivity contribution in [3.63, 3.8) is 0 Å². The molecule has 0 saturated carbocycles. The molecule has 0 N–H and O–H groups in total. The van der Waals surface area contributed by atoms with E-state index < -0.39 is 0 Å². The number of hydrogen-bond acceptors (Lipinski definition) is 4. The summed E-state index contributed by atoms with van der Waals surface area (Å²) in [4.78, 5) is 23.1. The SMILES string of the molecule is CCCOC(=O)CCCCCCCCCCCCCCC(CCC(=O)OCCC)C(C)C. The molecule has 0 heterocycles. The third kappa shape index (κ3) is 20.8. The van der Waals surface area contributed by atoms with Crippen LogP contribution in [-0.2, 0) is 19.1 Å². The van der Waals surface area contributed by atoms with Gasteiger partial charge in [0.05, 0.1) is 13.2 Å². The molecule has 32 heavy (non-hydrogen) atoms. The quantitative estimate of drug-likeness (QED) is 0.115. The van der Waals surface area contributed by atoms with E-state index in [1.807, 2.05) is 13.8 Å². The molecule has 0 fully saturated rings. The zero-order valence-electron chi connectivity index (χ0n) is 21.9. The maximum absolute atomic E-state index is 11.7. The summed E-state index contributed by atoms with van der Waals surface area (Å²) in [6.07, 6.45) is 20.6. The Bertz CT molecular complexity index is 433. The summed E-state index contributed by atoms with van der Waals surface area (Å²) in [7, 11) is 0. The van der Waals surface area contributed by atoms with Crippen molar-refractivity contribution in [2.24, 2.45) is 11.8 Å². The van der Waals surface area contributed by atoms with Gasteiger partial charge in [-0.15, -0.1) is 0 Å². The summed E-state index contributed by atoms with van der Waals surface area (Å²) in [5, 5.41) is 0. The number of ether oxygens (including phenoxy) is 2. The zero-order chi connectivity index (χ0) is 23.9. The van der Waals surface area contributed by atoms with Crippen LogP contribution in [0.1, 0.15) is 143 Å². The standard InChI is InChI=1S/C28H54O4/c1-5-23-31-27(29)20-18-16-14-12-10-8-7-9-11-13-15-17-19-26(25(3)4)21-22-28(30)32-24-6-2/h25-26H,5-24H2,1-4H3. The average molecular weight is 455 g/mol. The van der Waals surface area contributed by atoms with Crippen LogP contribution in [0.3, 0.4) is 0 Å². The van der Waals surface area contributed by atoms with Gasteiger partial charge >= 0.3 is 11.9 Å². The van der Waals surface area contributed by atoms with Crippen molar-refractivity contribution in [2.75, 3.05) is 13.2 Å². The van der Waals surface area contributed by atoms with Gasteiger partial charge in [0.25, 0.3) is 0 Å². The number of carbonyl (C=O) groups excluding carboxylic acids is 2. The molecule has 0 saturated heterocycles. The van der Waals surface area contributed by atoms with E-state index in [1.54, 1.807) is 0 Å². The highest BCUT2D eigenvalue weighted by molar-refractivity contribution is 5.69. The van der Waals surface area contributed by atoms with E-state index in [1.165, 1.54) is 70.6 Å². The predicted octanol–water partition coefficient (Wildman–Crippen LogP) is 8.41. The van der Waals surface area contributed by atoms with Gasteiger partial charge in [-0.25, -0.2) is 0 Å². The van der Waals surface area contributed by atoms with Crippen LogP contribution in [0.4, 0.5) is 0 Å². The van der Waals surface area contributed by atoms with Crippen LogP contribution < -0.4 is 0 Å². The fourth-order valence-electron chi connectivity index (χ4n) is 4.13. The summed E-state index contributed by atoms with van der Waals surface area (Å²) < 4.78 is 10.3. The van der Waals surface area contributed by atoms with Gasteiger partial charge in [0.15, 0.2) is 0 Å². The number of hydrogen-bond donors (Lipinski definition) is 0. The van der Waals surface area contributed by atoms with E-state index in [2.05, 4.69) is 13.8 Å². The van der Waals surface area contributed by atoms with Gasteiger partial charge in [-0.3, -0.25) is 9.59 Å². The molecule has 0 spiro atoms. The molecule has 0 aliphatic rings. The first kappa shape index (κ1) is 30.9. The van der Waals surface area contributed by atoms with Crippen LogP contribution in [0.2, 0.25) is 0 Å². The first-order valence-electron chi connectivity index (χ1n) is 13.8. The van der Waals surface area contributed by atoms with Gasteiger partial charge in [0, 0.05) is 12.8 Å². The minimum absolute atomic E-state index is 0.0235. The molecule has 0 radical (unpaired) electrons. The maximum Gasteiger partial charge on any atom is 0.305 e. The van der Waals surface area contributed by atoms with Crippen molar-refractivity contribution in [3.8, 4) is 0 Å². The first-order chi connectivity index (χ1) is 15.5. The first-order valence-corrected chi connectivity index (χ1v) is 13.8. The molecular weight excluding hydrogens is 400 g/mol. The third-order valence-corrected chi connectivity index (χ3v) is 6.30. The van der Waals surface area contributed by atoms with Gasteiger partial charge in [0.1, 0.15) is 0 Å². The minimum atomic E-state index is -0.0290. The molecule has 190 valence electrons. The van der Waals surface area contributed by atoms with Crippen molar-refractivity contribution in [1.82, 2.24) is 0 Å². The highest BCUT2D eigenvalue weighted by Crippen LogP contribution is 2.24. The van der Waals surface area contributed by atoms with Crippen molar-refractivity contribution in [2.45, 2.75) is 143 Å². The fourth-order valence-corrected chi connectivity index (χ4v) is 4.13. The van der Waals surface area contributed by atoms with Crippen LogP contribution in [0.25, 0.3) is 0 Å². The second-order valence-corrected chi connectivity index (χ2v) is 9.77. The van der Waals surface area contributed by atoms with E-state index >= 15 is 0 Å². The Hall–Kier alpha value is -1.06. The average Bonchev–Trinajstić information content (AvgIpc) is 2.77. The smallest absolute Gasteiger partial charge is 0.305 e. The number of esters is 2. The van der Waals surface area contributed by atoms with E-state index in [0.717, 1.165) is 32.1 Å². The Morgan fingerprint density at radius 1 is 0.562 bits per heavy atom. The molecule has 0 aliphatic carbocycles. The molecule has 4 nitrogen and oxygen atoms in total. The molecule has 1 unspecified atom stereocenters. The Labute approximate surface area is 199 Å². The van der Waals surface area contributed by atoms with Crippen molar-refractivity contribution < 1.29 is 19.1 Å². The summed E-state index contributed by atoms with van der Waals surface area (Å²) in [5.74, 6) is 1.23. The lowest BCUT2D eigenvalue weighted by Gasteiger charge is -2.20. The molecule has 0 aromatic rings. The topological polar surface area (TPSA) is 52.6 Å². The molecule has 0 rings (SSSR count). The normalized spacial score (nSPS) is 12.2. The van der Waals surface area contributed by atoms with Gasteiger partial charge in [-0.2, -0.15) is 0 Å². The van der Waals surface area contributed by atoms with E-state index in [4.69, 9.17) is 9.47 Å². The molecule has 0 amide bonds.